The molecule has 5 heteroatoms. The number of nitrogens with one attached hydrogen (secondary N) is 1. The van der Waals surface area contributed by atoms with E-state index in [1.807, 2.05) is 25.7 Å². The summed E-state index contributed by atoms with van der Waals surface area (Å²) in [5, 5.41) is 2.77. The quantitative estimate of drug-likeness (QED) is 0.825. The normalized spacial score (nSPS) is 35.3. The van der Waals surface area contributed by atoms with Crippen LogP contribution in [0.4, 0.5) is 0 Å². The molecule has 1 saturated heterocycles. The van der Waals surface area contributed by atoms with Crippen LogP contribution in [0.5, 0.6) is 0 Å². The van der Waals surface area contributed by atoms with Crippen molar-refractivity contribution in [3.63, 3.8) is 0 Å². The molecule has 1 aliphatic heterocycles. The predicted octanol–water partition coefficient (Wildman–Crippen LogP) is 0.925. The number of amides is 2. The van der Waals surface area contributed by atoms with Gasteiger partial charge in [-0.3, -0.25) is 9.59 Å². The van der Waals surface area contributed by atoms with E-state index in [9.17, 15) is 9.59 Å². The lowest BCUT2D eigenvalue weighted by atomic mass is 9.83. The van der Waals surface area contributed by atoms with Gasteiger partial charge in [0.15, 0.2) is 0 Å². The van der Waals surface area contributed by atoms with Gasteiger partial charge in [-0.15, -0.1) is 0 Å². The van der Waals surface area contributed by atoms with Crippen molar-refractivity contribution >= 4 is 11.8 Å². The van der Waals surface area contributed by atoms with Gasteiger partial charge in [0.25, 0.3) is 0 Å². The summed E-state index contributed by atoms with van der Waals surface area (Å²) in [6.07, 6.45) is 1.95. The molecule has 0 aromatic rings. The van der Waals surface area contributed by atoms with Crippen molar-refractivity contribution in [2.24, 2.45) is 5.92 Å². The second-order valence-corrected chi connectivity index (χ2v) is 5.87. The third-order valence-electron chi connectivity index (χ3n) is 4.05. The van der Waals surface area contributed by atoms with Crippen LogP contribution in [0.2, 0.25) is 0 Å². The topological polar surface area (TPSA) is 58.6 Å². The molecule has 0 aromatic heterocycles. The van der Waals surface area contributed by atoms with Crippen LogP contribution in [0.25, 0.3) is 0 Å². The van der Waals surface area contributed by atoms with Crippen LogP contribution in [0.3, 0.4) is 0 Å². The maximum atomic E-state index is 12.4. The largest absolute Gasteiger partial charge is 0.378 e. The molecule has 1 aliphatic carbocycles. The number of rotatable bonds is 4. The molecule has 2 atom stereocenters. The Bertz CT molecular complexity index is 364. The summed E-state index contributed by atoms with van der Waals surface area (Å²) in [5.41, 5.74) is 0. The molecule has 2 fully saturated rings. The Balaban J connectivity index is 2.10. The van der Waals surface area contributed by atoms with Crippen molar-refractivity contribution in [2.45, 2.75) is 64.8 Å². The minimum Gasteiger partial charge on any atom is -0.378 e. The van der Waals surface area contributed by atoms with Crippen molar-refractivity contribution in [2.75, 3.05) is 6.61 Å². The fraction of sp³-hybridized carbons (Fsp3) is 0.857. The summed E-state index contributed by atoms with van der Waals surface area (Å²) in [5.74, 6) is 0.141. The molecule has 2 rings (SSSR count). The Morgan fingerprint density at radius 1 is 1.37 bits per heavy atom. The summed E-state index contributed by atoms with van der Waals surface area (Å²) in [7, 11) is 0. The van der Waals surface area contributed by atoms with E-state index >= 15 is 0 Å². The van der Waals surface area contributed by atoms with Crippen molar-refractivity contribution < 1.29 is 14.3 Å². The third-order valence-corrected chi connectivity index (χ3v) is 4.05. The molecule has 0 spiro atoms. The highest BCUT2D eigenvalue weighted by Crippen LogP contribution is 2.33. The van der Waals surface area contributed by atoms with Gasteiger partial charge in [-0.1, -0.05) is 13.8 Å². The molecule has 1 saturated carbocycles. The van der Waals surface area contributed by atoms with Crippen LogP contribution in [-0.4, -0.2) is 47.6 Å². The predicted molar refractivity (Wildman–Crippen MR) is 71.5 cm³/mol. The highest BCUT2D eigenvalue weighted by Gasteiger charge is 2.47. The van der Waals surface area contributed by atoms with Gasteiger partial charge in [-0.25, -0.2) is 0 Å². The van der Waals surface area contributed by atoms with Gasteiger partial charge in [0.2, 0.25) is 11.8 Å². The molecule has 0 bridgehead atoms. The lowest BCUT2D eigenvalue weighted by molar-refractivity contribution is -0.160. The zero-order chi connectivity index (χ0) is 14.2. The van der Waals surface area contributed by atoms with Gasteiger partial charge < -0.3 is 15.0 Å². The number of carbonyl (C=O) groups excluding carboxylic acids is 2. The maximum absolute atomic E-state index is 12.4. The van der Waals surface area contributed by atoms with Crippen molar-refractivity contribution in [1.29, 1.82) is 0 Å². The first-order chi connectivity index (χ1) is 8.95. The Hall–Kier alpha value is -1.10. The van der Waals surface area contributed by atoms with Crippen LogP contribution in [0, 0.1) is 5.92 Å². The molecule has 1 N–H and O–H groups in total. The van der Waals surface area contributed by atoms with E-state index in [1.165, 1.54) is 0 Å². The molecule has 1 heterocycles. The summed E-state index contributed by atoms with van der Waals surface area (Å²) >= 11 is 0. The van der Waals surface area contributed by atoms with E-state index in [0.29, 0.717) is 6.61 Å². The Labute approximate surface area is 114 Å². The number of hydrogen-bond acceptors (Lipinski definition) is 3. The van der Waals surface area contributed by atoms with E-state index in [-0.39, 0.29) is 35.9 Å². The average molecular weight is 268 g/mol. The summed E-state index contributed by atoms with van der Waals surface area (Å²) in [6, 6.07) is -0.588. The lowest BCUT2D eigenvalue weighted by Gasteiger charge is -2.49. The summed E-state index contributed by atoms with van der Waals surface area (Å²) in [4.78, 5) is 26.3. The number of ether oxygens (including phenoxy) is 1. The SMILES string of the molecule is CCOC1CC(N2C(=O)C(C)NC(=O)C2C(C)C)C1. The average Bonchev–Trinajstić information content (AvgIpc) is 2.27. The van der Waals surface area contributed by atoms with Gasteiger partial charge in [0.05, 0.1) is 6.10 Å². The molecule has 0 aromatic carbocycles. The van der Waals surface area contributed by atoms with Gasteiger partial charge in [0, 0.05) is 12.6 Å². The molecule has 2 amide bonds. The van der Waals surface area contributed by atoms with Crippen LogP contribution < -0.4 is 5.32 Å². The number of hydrogen-bond donors (Lipinski definition) is 1. The fourth-order valence-electron chi connectivity index (χ4n) is 3.02. The number of carbonyl (C=O) groups is 2. The molecular weight excluding hydrogens is 244 g/mol. The first kappa shape index (κ1) is 14.3. The van der Waals surface area contributed by atoms with Crippen LogP contribution in [-0.2, 0) is 14.3 Å². The molecule has 2 unspecified atom stereocenters. The molecule has 5 nitrogen and oxygen atoms in total. The molecule has 0 radical (unpaired) electrons. The van der Waals surface area contributed by atoms with E-state index in [0.717, 1.165) is 12.8 Å². The van der Waals surface area contributed by atoms with E-state index in [2.05, 4.69) is 5.32 Å². The highest BCUT2D eigenvalue weighted by molar-refractivity contribution is 5.97. The second kappa shape index (κ2) is 5.49. The van der Waals surface area contributed by atoms with Gasteiger partial charge in [-0.05, 0) is 32.6 Å². The van der Waals surface area contributed by atoms with Crippen molar-refractivity contribution in [3.8, 4) is 0 Å². The Kier molecular flexibility index (Phi) is 4.13. The zero-order valence-corrected chi connectivity index (χ0v) is 12.2. The summed E-state index contributed by atoms with van der Waals surface area (Å²) < 4.78 is 5.54. The van der Waals surface area contributed by atoms with Crippen molar-refractivity contribution in [3.05, 3.63) is 0 Å². The minimum atomic E-state index is -0.409. The first-order valence-electron chi connectivity index (χ1n) is 7.19. The monoisotopic (exact) mass is 268 g/mol. The minimum absolute atomic E-state index is 0.0260. The Morgan fingerprint density at radius 3 is 2.53 bits per heavy atom. The first-order valence-corrected chi connectivity index (χ1v) is 7.19. The second-order valence-electron chi connectivity index (χ2n) is 5.87. The maximum Gasteiger partial charge on any atom is 0.245 e. The zero-order valence-electron chi connectivity index (χ0n) is 12.2. The van der Waals surface area contributed by atoms with Gasteiger partial charge >= 0.3 is 0 Å². The lowest BCUT2D eigenvalue weighted by Crippen LogP contribution is -2.68. The van der Waals surface area contributed by atoms with Crippen molar-refractivity contribution in [1.82, 2.24) is 10.2 Å². The van der Waals surface area contributed by atoms with Gasteiger partial charge in [-0.2, -0.15) is 0 Å². The van der Waals surface area contributed by atoms with Crippen LogP contribution >= 0.6 is 0 Å². The fourth-order valence-corrected chi connectivity index (χ4v) is 3.02. The summed E-state index contributed by atoms with van der Waals surface area (Å²) in [6.45, 7) is 8.41. The molecule has 2 aliphatic rings. The molecule has 108 valence electrons. The Morgan fingerprint density at radius 2 is 2.00 bits per heavy atom. The highest BCUT2D eigenvalue weighted by atomic mass is 16.5. The molecule has 19 heavy (non-hydrogen) atoms. The number of nitrogens with zero attached hydrogens (tertiary/aromatic N) is 1. The number of piperazine rings is 1. The standard InChI is InChI=1S/C14H24N2O3/c1-5-19-11-6-10(7-11)16-12(8(2)3)13(17)15-9(4)14(16)18/h8-12H,5-7H2,1-4H3,(H,15,17). The van der Waals surface area contributed by atoms with E-state index in [4.69, 9.17) is 4.74 Å². The molecular formula is C14H24N2O3. The van der Waals surface area contributed by atoms with Crippen LogP contribution in [0.15, 0.2) is 0 Å². The third kappa shape index (κ3) is 2.61. The smallest absolute Gasteiger partial charge is 0.245 e. The van der Waals surface area contributed by atoms with E-state index in [1.54, 1.807) is 6.92 Å². The van der Waals surface area contributed by atoms with Gasteiger partial charge in [0.1, 0.15) is 12.1 Å². The van der Waals surface area contributed by atoms with Crippen LogP contribution in [0.1, 0.15) is 40.5 Å². The van der Waals surface area contributed by atoms with E-state index < -0.39 is 6.04 Å².